The van der Waals surface area contributed by atoms with Gasteiger partial charge in [-0.25, -0.2) is 13.2 Å². The number of ether oxygens (including phenoxy) is 1. The molecule has 10 heteroatoms. The van der Waals surface area contributed by atoms with Crippen molar-refractivity contribution in [2.75, 3.05) is 7.05 Å². The number of hydrogen-bond donors (Lipinski definition) is 0. The van der Waals surface area contributed by atoms with Crippen LogP contribution in [0.25, 0.3) is 0 Å². The van der Waals surface area contributed by atoms with Gasteiger partial charge < -0.3 is 4.74 Å². The Morgan fingerprint density at radius 2 is 1.90 bits per heavy atom. The molecule has 156 valence electrons. The first-order chi connectivity index (χ1) is 13.8. The zero-order valence-corrected chi connectivity index (χ0v) is 17.6. The summed E-state index contributed by atoms with van der Waals surface area (Å²) in [6.07, 6.45) is 4.92. The smallest absolute Gasteiger partial charge is 0.338 e. The van der Waals surface area contributed by atoms with E-state index in [4.69, 9.17) is 4.74 Å². The van der Waals surface area contributed by atoms with E-state index in [1.165, 1.54) is 34.6 Å². The van der Waals surface area contributed by atoms with Crippen LogP contribution in [0.15, 0.2) is 40.6 Å². The van der Waals surface area contributed by atoms with Crippen LogP contribution in [0.4, 0.5) is 5.00 Å². The molecule has 1 aromatic heterocycles. The predicted octanol–water partition coefficient (Wildman–Crippen LogP) is 3.97. The number of hydrogen-bond acceptors (Lipinski definition) is 7. The Hall–Kier alpha value is -2.30. The molecule has 0 saturated heterocycles. The van der Waals surface area contributed by atoms with E-state index in [0.717, 1.165) is 43.4 Å². The van der Waals surface area contributed by atoms with Crippen LogP contribution in [0.5, 0.6) is 0 Å². The molecule has 1 aliphatic rings. The number of nitrogens with zero attached hydrogens (tertiary/aromatic N) is 2. The quantitative estimate of drug-likeness (QED) is 0.368. The van der Waals surface area contributed by atoms with E-state index < -0.39 is 20.9 Å². The van der Waals surface area contributed by atoms with Crippen LogP contribution in [0.3, 0.4) is 0 Å². The maximum Gasteiger partial charge on any atom is 0.338 e. The van der Waals surface area contributed by atoms with Gasteiger partial charge in [-0.3, -0.25) is 10.1 Å². The zero-order chi connectivity index (χ0) is 21.0. The Balaban J connectivity index is 1.63. The zero-order valence-electron chi connectivity index (χ0n) is 15.9. The van der Waals surface area contributed by atoms with Gasteiger partial charge in [-0.2, -0.15) is 4.31 Å². The lowest BCUT2D eigenvalue weighted by atomic mass is 9.96. The molecule has 1 aromatic carbocycles. The summed E-state index contributed by atoms with van der Waals surface area (Å²) in [6, 6.07) is 7.00. The molecule has 0 bridgehead atoms. The molecule has 0 unspecified atom stereocenters. The maximum atomic E-state index is 12.8. The molecule has 1 aliphatic carbocycles. The molecule has 0 N–H and O–H groups in total. The molecule has 8 nitrogen and oxygen atoms in total. The predicted molar refractivity (Wildman–Crippen MR) is 108 cm³/mol. The normalized spacial score (nSPS) is 15.4. The molecule has 1 heterocycles. The highest BCUT2D eigenvalue weighted by atomic mass is 32.2. The minimum absolute atomic E-state index is 0.00746. The van der Waals surface area contributed by atoms with Crippen molar-refractivity contribution in [1.29, 1.82) is 0 Å². The fourth-order valence-corrected chi connectivity index (χ4v) is 5.47. The molecule has 0 atom stereocenters. The van der Waals surface area contributed by atoms with Gasteiger partial charge in [0.2, 0.25) is 10.0 Å². The molecule has 1 saturated carbocycles. The molecular weight excluding hydrogens is 416 g/mol. The summed E-state index contributed by atoms with van der Waals surface area (Å²) in [6.45, 7) is -0.0896. The lowest BCUT2D eigenvalue weighted by Crippen LogP contribution is -2.38. The number of nitro groups is 1. The van der Waals surface area contributed by atoms with Crippen LogP contribution in [0, 0.1) is 10.1 Å². The second-order valence-electron chi connectivity index (χ2n) is 6.96. The summed E-state index contributed by atoms with van der Waals surface area (Å²) in [4.78, 5) is 22.5. The third kappa shape index (κ3) is 5.01. The van der Waals surface area contributed by atoms with Crippen LogP contribution in [0.2, 0.25) is 0 Å². The van der Waals surface area contributed by atoms with Gasteiger partial charge in [-0.05, 0) is 37.1 Å². The van der Waals surface area contributed by atoms with E-state index in [1.807, 2.05) is 0 Å². The van der Waals surface area contributed by atoms with E-state index in [-0.39, 0.29) is 28.1 Å². The summed E-state index contributed by atoms with van der Waals surface area (Å²) in [5.41, 5.74) is 0.748. The average molecular weight is 439 g/mol. The van der Waals surface area contributed by atoms with E-state index >= 15 is 0 Å². The average Bonchev–Trinajstić information content (AvgIpc) is 3.21. The van der Waals surface area contributed by atoms with Gasteiger partial charge in [0.05, 0.1) is 15.4 Å². The number of sulfonamides is 1. The fraction of sp³-hybridized carbons (Fsp3) is 0.421. The van der Waals surface area contributed by atoms with Crippen LogP contribution in [-0.2, 0) is 21.4 Å². The fourth-order valence-electron chi connectivity index (χ4n) is 3.34. The Morgan fingerprint density at radius 3 is 2.48 bits per heavy atom. The van der Waals surface area contributed by atoms with Gasteiger partial charge in [-0.1, -0.05) is 30.6 Å². The molecule has 2 aromatic rings. The third-order valence-electron chi connectivity index (χ3n) is 5.05. The molecule has 1 fully saturated rings. The van der Waals surface area contributed by atoms with Crippen molar-refractivity contribution in [1.82, 2.24) is 4.31 Å². The third-order valence-corrected chi connectivity index (χ3v) is 7.90. The largest absolute Gasteiger partial charge is 0.457 e. The lowest BCUT2D eigenvalue weighted by molar-refractivity contribution is -0.380. The van der Waals surface area contributed by atoms with Crippen molar-refractivity contribution < 1.29 is 22.9 Å². The first-order valence-corrected chi connectivity index (χ1v) is 11.6. The molecule has 0 amide bonds. The second kappa shape index (κ2) is 9.02. The van der Waals surface area contributed by atoms with Crippen molar-refractivity contribution in [3.63, 3.8) is 0 Å². The summed E-state index contributed by atoms with van der Waals surface area (Å²) < 4.78 is 32.3. The van der Waals surface area contributed by atoms with Gasteiger partial charge in [0.25, 0.3) is 0 Å². The monoisotopic (exact) mass is 438 g/mol. The Morgan fingerprint density at radius 1 is 1.24 bits per heavy atom. The first-order valence-electron chi connectivity index (χ1n) is 9.26. The Labute approximate surface area is 173 Å². The van der Waals surface area contributed by atoms with Gasteiger partial charge in [0.1, 0.15) is 6.61 Å². The van der Waals surface area contributed by atoms with Crippen molar-refractivity contribution in [3.05, 3.63) is 57.0 Å². The van der Waals surface area contributed by atoms with E-state index in [9.17, 15) is 23.3 Å². The summed E-state index contributed by atoms with van der Waals surface area (Å²) in [5.74, 6) is -0.622. The number of carbonyl (C=O) groups excluding carboxylic acids is 1. The summed E-state index contributed by atoms with van der Waals surface area (Å²) >= 11 is 0.962. The number of rotatable bonds is 7. The molecule has 3 rings (SSSR count). The Kier molecular flexibility index (Phi) is 6.66. The number of benzene rings is 1. The highest BCUT2D eigenvalue weighted by Gasteiger charge is 2.29. The van der Waals surface area contributed by atoms with Gasteiger partial charge in [0, 0.05) is 30.1 Å². The topological polar surface area (TPSA) is 107 Å². The van der Waals surface area contributed by atoms with Crippen molar-refractivity contribution in [3.8, 4) is 0 Å². The summed E-state index contributed by atoms with van der Waals surface area (Å²) in [5, 5.41) is 12.2. The molecule has 29 heavy (non-hydrogen) atoms. The molecule has 0 spiro atoms. The van der Waals surface area contributed by atoms with Crippen LogP contribution >= 0.6 is 11.3 Å². The molecule has 0 aliphatic heterocycles. The van der Waals surface area contributed by atoms with Crippen LogP contribution in [-0.4, -0.2) is 36.7 Å². The lowest BCUT2D eigenvalue weighted by Gasteiger charge is -2.30. The highest BCUT2D eigenvalue weighted by Crippen LogP contribution is 2.27. The van der Waals surface area contributed by atoms with Crippen molar-refractivity contribution >= 4 is 32.3 Å². The van der Waals surface area contributed by atoms with E-state index in [0.29, 0.717) is 5.56 Å². The molecule has 0 radical (unpaired) electrons. The van der Waals surface area contributed by atoms with Gasteiger partial charge in [-0.15, -0.1) is 0 Å². The summed E-state index contributed by atoms with van der Waals surface area (Å²) in [7, 11) is -2.02. The maximum absolute atomic E-state index is 12.8. The number of thiophene rings is 1. The van der Waals surface area contributed by atoms with Crippen molar-refractivity contribution in [2.24, 2.45) is 0 Å². The standard InChI is InChI=1S/C19H22N2O6S2/c1-20(16-5-3-2-4-6-16)29(25,26)17-9-7-15(8-10-17)19(22)27-12-14-11-18(21(23)24)28-13-14/h7-11,13,16H,2-6,12H2,1H3. The van der Waals surface area contributed by atoms with E-state index in [1.54, 1.807) is 12.4 Å². The second-order valence-corrected chi connectivity index (χ2v) is 9.85. The number of esters is 1. The number of carbonyl (C=O) groups is 1. The van der Waals surface area contributed by atoms with E-state index in [2.05, 4.69) is 0 Å². The first kappa shape index (κ1) is 21.4. The van der Waals surface area contributed by atoms with Crippen LogP contribution < -0.4 is 0 Å². The van der Waals surface area contributed by atoms with Crippen LogP contribution in [0.1, 0.15) is 48.0 Å². The SMILES string of the molecule is CN(C1CCCCC1)S(=O)(=O)c1ccc(C(=O)OCc2csc([N+](=O)[O-])c2)cc1. The molecular formula is C19H22N2O6S2. The highest BCUT2D eigenvalue weighted by molar-refractivity contribution is 7.89. The minimum Gasteiger partial charge on any atom is -0.457 e. The Bertz CT molecular complexity index is 978. The minimum atomic E-state index is -3.62. The van der Waals surface area contributed by atoms with Gasteiger partial charge >= 0.3 is 11.0 Å². The van der Waals surface area contributed by atoms with Gasteiger partial charge in [0.15, 0.2) is 0 Å². The van der Waals surface area contributed by atoms with Crippen molar-refractivity contribution in [2.45, 2.75) is 49.6 Å².